The zero-order valence-corrected chi connectivity index (χ0v) is 27.9. The molecule has 0 spiro atoms. The summed E-state index contributed by atoms with van der Waals surface area (Å²) in [7, 11) is 0.113. The minimum atomic E-state index is -4.31. The molecule has 2 amide bonds. The van der Waals surface area contributed by atoms with Crippen LogP contribution in [-0.2, 0) is 32.6 Å². The van der Waals surface area contributed by atoms with Crippen molar-refractivity contribution in [2.24, 2.45) is 0 Å². The van der Waals surface area contributed by atoms with Crippen LogP contribution in [0.2, 0.25) is 0 Å². The van der Waals surface area contributed by atoms with Crippen molar-refractivity contribution in [2.45, 2.75) is 37.2 Å². The number of para-hydroxylation sites is 1. The van der Waals surface area contributed by atoms with Gasteiger partial charge in [-0.25, -0.2) is 8.42 Å². The summed E-state index contributed by atoms with van der Waals surface area (Å²) >= 11 is 0. The number of methoxy groups -OCH3 is 3. The molecule has 0 fully saturated rings. The second kappa shape index (κ2) is 16.5. The molecular formula is C36H41N3O7S. The lowest BCUT2D eigenvalue weighted by molar-refractivity contribution is -0.140. The Balaban J connectivity index is 1.81. The Hall–Kier alpha value is -5.03. The molecule has 10 nitrogen and oxygen atoms in total. The zero-order valence-electron chi connectivity index (χ0n) is 27.1. The SMILES string of the molecule is CCCNC(=O)[C@H](Cc1ccccc1)N(Cc1cccc(OC)c1)C(=O)CN(c1ccccc1)S(=O)(=O)c1ccc(OC)c(OC)c1. The fraction of sp³-hybridized carbons (Fsp3) is 0.278. The first kappa shape index (κ1) is 34.8. The Bertz CT molecular complexity index is 1730. The molecule has 0 aliphatic rings. The largest absolute Gasteiger partial charge is 0.497 e. The summed E-state index contributed by atoms with van der Waals surface area (Å²) in [5, 5.41) is 2.95. The number of nitrogens with one attached hydrogen (secondary N) is 1. The van der Waals surface area contributed by atoms with Crippen molar-refractivity contribution < 1.29 is 32.2 Å². The van der Waals surface area contributed by atoms with Gasteiger partial charge in [0.1, 0.15) is 18.3 Å². The van der Waals surface area contributed by atoms with Crippen LogP contribution in [0, 0.1) is 0 Å². The van der Waals surface area contributed by atoms with Crippen molar-refractivity contribution in [2.75, 3.05) is 38.7 Å². The lowest BCUT2D eigenvalue weighted by Gasteiger charge is -2.34. The van der Waals surface area contributed by atoms with E-state index in [9.17, 15) is 18.0 Å². The Kier molecular flexibility index (Phi) is 12.2. The van der Waals surface area contributed by atoms with Gasteiger partial charge in [-0.15, -0.1) is 0 Å². The first-order valence-corrected chi connectivity index (χ1v) is 16.7. The van der Waals surface area contributed by atoms with Crippen molar-refractivity contribution in [3.63, 3.8) is 0 Å². The number of amides is 2. The number of benzene rings is 4. The van der Waals surface area contributed by atoms with E-state index in [-0.39, 0.29) is 35.2 Å². The van der Waals surface area contributed by atoms with Gasteiger partial charge in [0.25, 0.3) is 10.0 Å². The lowest BCUT2D eigenvalue weighted by Crippen LogP contribution is -2.53. The van der Waals surface area contributed by atoms with E-state index in [1.165, 1.54) is 37.3 Å². The van der Waals surface area contributed by atoms with Gasteiger partial charge in [0.2, 0.25) is 11.8 Å². The highest BCUT2D eigenvalue weighted by molar-refractivity contribution is 7.92. The van der Waals surface area contributed by atoms with Crippen LogP contribution < -0.4 is 23.8 Å². The number of rotatable bonds is 16. The molecule has 1 N–H and O–H groups in total. The molecule has 4 aromatic carbocycles. The average Bonchev–Trinajstić information content (AvgIpc) is 3.11. The molecule has 0 unspecified atom stereocenters. The van der Waals surface area contributed by atoms with Crippen LogP contribution in [0.4, 0.5) is 5.69 Å². The number of nitrogens with zero attached hydrogens (tertiary/aromatic N) is 2. The van der Waals surface area contributed by atoms with Crippen molar-refractivity contribution in [3.8, 4) is 17.2 Å². The summed E-state index contributed by atoms with van der Waals surface area (Å²) in [6, 6.07) is 28.3. The molecule has 0 aliphatic carbocycles. The molecular weight excluding hydrogens is 618 g/mol. The van der Waals surface area contributed by atoms with E-state index in [1.54, 1.807) is 55.6 Å². The van der Waals surface area contributed by atoms with Gasteiger partial charge in [-0.05, 0) is 53.9 Å². The van der Waals surface area contributed by atoms with Crippen LogP contribution in [0.3, 0.4) is 0 Å². The van der Waals surface area contributed by atoms with Crippen LogP contribution in [0.15, 0.2) is 108 Å². The Morgan fingerprint density at radius 1 is 0.766 bits per heavy atom. The predicted molar refractivity (Wildman–Crippen MR) is 181 cm³/mol. The number of hydrogen-bond donors (Lipinski definition) is 1. The Labute approximate surface area is 276 Å². The molecule has 248 valence electrons. The second-order valence-corrected chi connectivity index (χ2v) is 12.6. The van der Waals surface area contributed by atoms with Gasteiger partial charge >= 0.3 is 0 Å². The Morgan fingerprint density at radius 3 is 2.06 bits per heavy atom. The molecule has 0 aromatic heterocycles. The molecule has 11 heteroatoms. The summed E-state index contributed by atoms with van der Waals surface area (Å²) in [5.41, 5.74) is 1.85. The molecule has 0 bridgehead atoms. The molecule has 47 heavy (non-hydrogen) atoms. The monoisotopic (exact) mass is 659 g/mol. The van der Waals surface area contributed by atoms with Crippen LogP contribution in [0.1, 0.15) is 24.5 Å². The Morgan fingerprint density at radius 2 is 1.43 bits per heavy atom. The highest BCUT2D eigenvalue weighted by Gasteiger charge is 2.35. The fourth-order valence-corrected chi connectivity index (χ4v) is 6.54. The van der Waals surface area contributed by atoms with Gasteiger partial charge in [0.05, 0.1) is 31.9 Å². The molecule has 0 saturated carbocycles. The number of hydrogen-bond acceptors (Lipinski definition) is 7. The average molecular weight is 660 g/mol. The van der Waals surface area contributed by atoms with E-state index in [0.29, 0.717) is 30.0 Å². The minimum absolute atomic E-state index is 0.0338. The molecule has 0 heterocycles. The maximum atomic E-state index is 14.6. The quantitative estimate of drug-likeness (QED) is 0.179. The third-order valence-electron chi connectivity index (χ3n) is 7.57. The van der Waals surface area contributed by atoms with E-state index in [2.05, 4.69) is 5.32 Å². The van der Waals surface area contributed by atoms with Gasteiger partial charge in [-0.3, -0.25) is 13.9 Å². The molecule has 0 radical (unpaired) electrons. The number of ether oxygens (including phenoxy) is 3. The first-order valence-electron chi connectivity index (χ1n) is 15.3. The number of carbonyl (C=O) groups is 2. The summed E-state index contributed by atoms with van der Waals surface area (Å²) in [4.78, 5) is 29.7. The van der Waals surface area contributed by atoms with Gasteiger partial charge in [0, 0.05) is 25.6 Å². The normalized spacial score (nSPS) is 11.7. The topological polar surface area (TPSA) is 114 Å². The van der Waals surface area contributed by atoms with Crippen LogP contribution >= 0.6 is 0 Å². The third-order valence-corrected chi connectivity index (χ3v) is 9.34. The summed E-state index contributed by atoms with van der Waals surface area (Å²) in [5.74, 6) is 0.282. The van der Waals surface area contributed by atoms with Crippen molar-refractivity contribution in [1.82, 2.24) is 10.2 Å². The smallest absolute Gasteiger partial charge is 0.264 e. The van der Waals surface area contributed by atoms with E-state index >= 15 is 0 Å². The minimum Gasteiger partial charge on any atom is -0.497 e. The van der Waals surface area contributed by atoms with Crippen molar-refractivity contribution >= 4 is 27.5 Å². The van der Waals surface area contributed by atoms with Gasteiger partial charge in [0.15, 0.2) is 11.5 Å². The van der Waals surface area contributed by atoms with Crippen molar-refractivity contribution in [3.05, 3.63) is 114 Å². The van der Waals surface area contributed by atoms with E-state index in [0.717, 1.165) is 9.87 Å². The zero-order chi connectivity index (χ0) is 33.8. The van der Waals surface area contributed by atoms with Crippen LogP contribution in [0.5, 0.6) is 17.2 Å². The standard InChI is InChI=1S/C36H41N3O7S/c1-5-21-37-36(41)32(23-27-13-8-6-9-14-27)38(25-28-15-12-18-30(22-28)44-2)35(40)26-39(29-16-10-7-11-17-29)47(42,43)31-19-20-33(45-3)34(24-31)46-4/h6-20,22,24,32H,5,21,23,25-26H2,1-4H3,(H,37,41)/t32-/m0/s1. The van der Waals surface area contributed by atoms with Crippen LogP contribution in [0.25, 0.3) is 0 Å². The van der Waals surface area contributed by atoms with E-state index in [1.807, 2.05) is 43.3 Å². The predicted octanol–water partition coefficient (Wildman–Crippen LogP) is 5.07. The molecule has 0 saturated heterocycles. The van der Waals surface area contributed by atoms with Crippen LogP contribution in [-0.4, -0.2) is 65.6 Å². The summed E-state index contributed by atoms with van der Waals surface area (Å²) < 4.78 is 45.7. The highest BCUT2D eigenvalue weighted by atomic mass is 32.2. The number of anilines is 1. The highest BCUT2D eigenvalue weighted by Crippen LogP contribution is 2.32. The van der Waals surface area contributed by atoms with E-state index < -0.39 is 28.5 Å². The molecule has 0 aliphatic heterocycles. The summed E-state index contributed by atoms with van der Waals surface area (Å²) in [6.45, 7) is 1.83. The molecule has 4 aromatic rings. The lowest BCUT2D eigenvalue weighted by atomic mass is 10.0. The first-order chi connectivity index (χ1) is 22.7. The van der Waals surface area contributed by atoms with Gasteiger partial charge < -0.3 is 24.4 Å². The number of sulfonamides is 1. The summed E-state index contributed by atoms with van der Waals surface area (Å²) in [6.07, 6.45) is 0.929. The van der Waals surface area contributed by atoms with E-state index in [4.69, 9.17) is 14.2 Å². The molecule has 1 atom stereocenters. The third kappa shape index (κ3) is 8.82. The molecule has 4 rings (SSSR count). The second-order valence-electron chi connectivity index (χ2n) is 10.7. The number of carbonyl (C=O) groups excluding carboxylic acids is 2. The van der Waals surface area contributed by atoms with Gasteiger partial charge in [-0.1, -0.05) is 67.6 Å². The maximum absolute atomic E-state index is 14.6. The van der Waals surface area contributed by atoms with Crippen molar-refractivity contribution in [1.29, 1.82) is 0 Å². The fourth-order valence-electron chi connectivity index (χ4n) is 5.11. The maximum Gasteiger partial charge on any atom is 0.264 e. The van der Waals surface area contributed by atoms with Gasteiger partial charge in [-0.2, -0.15) is 0 Å².